The summed E-state index contributed by atoms with van der Waals surface area (Å²) in [6.45, 7) is 0.395. The van der Waals surface area contributed by atoms with Crippen LogP contribution in [0.25, 0.3) is 11.0 Å². The molecule has 0 unspecified atom stereocenters. The maximum absolute atomic E-state index is 15.8. The average molecular weight is 538 g/mol. The molecule has 0 aliphatic heterocycles. The van der Waals surface area contributed by atoms with Crippen molar-refractivity contribution in [3.05, 3.63) is 62.6 Å². The van der Waals surface area contributed by atoms with Gasteiger partial charge in [-0.25, -0.2) is 9.37 Å². The number of ketones is 1. The third-order valence-corrected chi connectivity index (χ3v) is 7.13. The van der Waals surface area contributed by atoms with Crippen molar-refractivity contribution < 1.29 is 19.0 Å². The van der Waals surface area contributed by atoms with Crippen molar-refractivity contribution in [2.45, 2.75) is 45.1 Å². The highest BCUT2D eigenvalue weighted by molar-refractivity contribution is 9.10. The van der Waals surface area contributed by atoms with Gasteiger partial charge < -0.3 is 14.4 Å². The number of carbonyl (C=O) groups excluding carboxylic acids is 1. The highest BCUT2D eigenvalue weighted by Gasteiger charge is 2.23. The van der Waals surface area contributed by atoms with Crippen LogP contribution in [0.2, 0.25) is 5.02 Å². The van der Waals surface area contributed by atoms with Gasteiger partial charge in [0, 0.05) is 33.6 Å². The fourth-order valence-electron chi connectivity index (χ4n) is 4.57. The van der Waals surface area contributed by atoms with E-state index in [4.69, 9.17) is 21.4 Å². The molecule has 5 nitrogen and oxygen atoms in total. The van der Waals surface area contributed by atoms with Crippen LogP contribution in [0.3, 0.4) is 0 Å². The summed E-state index contributed by atoms with van der Waals surface area (Å²) in [6, 6.07) is 7.13. The minimum absolute atomic E-state index is 0.0456. The maximum Gasteiger partial charge on any atom is 0.188 e. The van der Waals surface area contributed by atoms with Crippen molar-refractivity contribution in [3.8, 4) is 0 Å². The van der Waals surface area contributed by atoms with Crippen LogP contribution in [-0.2, 0) is 17.7 Å². The van der Waals surface area contributed by atoms with Crippen molar-refractivity contribution in [1.29, 1.82) is 0 Å². The Morgan fingerprint density at radius 2 is 2.06 bits per heavy atom. The van der Waals surface area contributed by atoms with Gasteiger partial charge in [0.15, 0.2) is 11.6 Å². The Kier molecular flexibility index (Phi) is 8.17. The number of aromatic nitrogens is 2. The Labute approximate surface area is 206 Å². The minimum atomic E-state index is -0.501. The van der Waals surface area contributed by atoms with E-state index < -0.39 is 5.82 Å². The summed E-state index contributed by atoms with van der Waals surface area (Å²) in [5.74, 6) is -0.301. The zero-order valence-corrected chi connectivity index (χ0v) is 20.7. The molecule has 8 heteroatoms. The smallest absolute Gasteiger partial charge is 0.188 e. The average Bonchev–Trinajstić information content (AvgIpc) is 3.20. The minimum Gasteiger partial charge on any atom is -0.394 e. The quantitative estimate of drug-likeness (QED) is 0.270. The number of rotatable bonds is 9. The van der Waals surface area contributed by atoms with Gasteiger partial charge in [0.2, 0.25) is 0 Å². The van der Waals surface area contributed by atoms with Gasteiger partial charge in [-0.2, -0.15) is 0 Å². The van der Waals surface area contributed by atoms with Crippen LogP contribution in [0.4, 0.5) is 4.39 Å². The first-order valence-corrected chi connectivity index (χ1v) is 12.5. The van der Waals surface area contributed by atoms with Gasteiger partial charge in [-0.05, 0) is 42.5 Å². The summed E-state index contributed by atoms with van der Waals surface area (Å²) in [7, 11) is 0. The molecule has 3 aromatic rings. The van der Waals surface area contributed by atoms with Crippen molar-refractivity contribution in [1.82, 2.24) is 9.55 Å². The van der Waals surface area contributed by atoms with E-state index in [1.807, 2.05) is 16.7 Å². The van der Waals surface area contributed by atoms with Crippen molar-refractivity contribution in [2.24, 2.45) is 5.92 Å². The molecule has 1 heterocycles. The Balaban J connectivity index is 1.74. The lowest BCUT2D eigenvalue weighted by atomic mass is 9.89. The zero-order valence-electron chi connectivity index (χ0n) is 18.3. The summed E-state index contributed by atoms with van der Waals surface area (Å²) in [5.41, 5.74) is 2.12. The Bertz CT molecular complexity index is 1140. The van der Waals surface area contributed by atoms with Crippen LogP contribution in [0.15, 0.2) is 35.1 Å². The van der Waals surface area contributed by atoms with E-state index in [9.17, 15) is 4.79 Å². The zero-order chi connectivity index (χ0) is 23.4. The molecule has 33 heavy (non-hydrogen) atoms. The van der Waals surface area contributed by atoms with E-state index in [-0.39, 0.29) is 48.7 Å². The molecule has 1 N–H and O–H groups in total. The lowest BCUT2D eigenvalue weighted by molar-refractivity contribution is 0.0663. The number of nitrogens with zero attached hydrogens (tertiary/aromatic N) is 2. The Morgan fingerprint density at radius 3 is 2.79 bits per heavy atom. The molecule has 0 atom stereocenters. The lowest BCUT2D eigenvalue weighted by Gasteiger charge is -2.22. The topological polar surface area (TPSA) is 64.3 Å². The molecule has 1 aliphatic rings. The van der Waals surface area contributed by atoms with E-state index in [2.05, 4.69) is 20.9 Å². The first-order valence-electron chi connectivity index (χ1n) is 11.3. The van der Waals surface area contributed by atoms with Crippen LogP contribution >= 0.6 is 27.5 Å². The van der Waals surface area contributed by atoms with Gasteiger partial charge in [0.1, 0.15) is 12.1 Å². The molecule has 0 saturated heterocycles. The first-order chi connectivity index (χ1) is 16.0. The number of aliphatic hydroxyl groups excluding tert-OH is 1. The molecule has 1 aliphatic carbocycles. The second-order valence-electron chi connectivity index (χ2n) is 8.60. The summed E-state index contributed by atoms with van der Waals surface area (Å²) in [5, 5.41) is 9.46. The third kappa shape index (κ3) is 5.65. The normalized spacial score (nSPS) is 14.8. The number of hydrogen-bond acceptors (Lipinski definition) is 4. The number of hydrogen-bond donors (Lipinski definition) is 1. The monoisotopic (exact) mass is 536 g/mol. The number of ether oxygens (including phenoxy) is 1. The van der Waals surface area contributed by atoms with Gasteiger partial charge in [-0.3, -0.25) is 4.79 Å². The number of fused-ring (bicyclic) bond motifs is 1. The van der Waals surface area contributed by atoms with Gasteiger partial charge in [-0.1, -0.05) is 52.9 Å². The number of Topliss-reactive ketones (excluding diaryl/α,β-unsaturated/α-hetero) is 1. The van der Waals surface area contributed by atoms with Crippen molar-refractivity contribution >= 4 is 44.3 Å². The molecule has 0 radical (unpaired) electrons. The van der Waals surface area contributed by atoms with Crippen LogP contribution in [-0.4, -0.2) is 40.3 Å². The molecule has 4 rings (SSSR count). The number of aliphatic hydroxyl groups is 1. The van der Waals surface area contributed by atoms with Crippen LogP contribution < -0.4 is 0 Å². The van der Waals surface area contributed by atoms with E-state index in [0.717, 1.165) is 23.9 Å². The SMILES string of the molecule is O=C(COCCO)c1cc2c(ncn2CC2CCCCC2)c(F)c1Cc1ccc(Br)cc1Cl. The van der Waals surface area contributed by atoms with Gasteiger partial charge in [0.05, 0.1) is 25.1 Å². The predicted molar refractivity (Wildman–Crippen MR) is 130 cm³/mol. The van der Waals surface area contributed by atoms with E-state index in [1.165, 1.54) is 19.3 Å². The van der Waals surface area contributed by atoms with Crippen molar-refractivity contribution in [3.63, 3.8) is 0 Å². The molecule has 1 aromatic heterocycles. The van der Waals surface area contributed by atoms with Gasteiger partial charge in [-0.15, -0.1) is 0 Å². The largest absolute Gasteiger partial charge is 0.394 e. The molecular weight excluding hydrogens is 511 g/mol. The van der Waals surface area contributed by atoms with E-state index >= 15 is 4.39 Å². The number of carbonyl (C=O) groups is 1. The van der Waals surface area contributed by atoms with Crippen LogP contribution in [0.5, 0.6) is 0 Å². The fourth-order valence-corrected chi connectivity index (χ4v) is 5.32. The lowest BCUT2D eigenvalue weighted by Crippen LogP contribution is -2.16. The molecule has 1 saturated carbocycles. The molecule has 0 spiro atoms. The number of halogens is 3. The molecule has 0 bridgehead atoms. The second-order valence-corrected chi connectivity index (χ2v) is 9.92. The van der Waals surface area contributed by atoms with Crippen molar-refractivity contribution in [2.75, 3.05) is 19.8 Å². The highest BCUT2D eigenvalue weighted by Crippen LogP contribution is 2.32. The Hall–Kier alpha value is -1.80. The maximum atomic E-state index is 15.8. The fraction of sp³-hybridized carbons (Fsp3) is 0.440. The van der Waals surface area contributed by atoms with Crippen LogP contribution in [0, 0.1) is 11.7 Å². The van der Waals surface area contributed by atoms with Crippen LogP contribution in [0.1, 0.15) is 53.6 Å². The summed E-state index contributed by atoms with van der Waals surface area (Å²) in [6.07, 6.45) is 7.85. The van der Waals surface area contributed by atoms with Gasteiger partial charge in [0.25, 0.3) is 0 Å². The Morgan fingerprint density at radius 1 is 1.27 bits per heavy atom. The summed E-state index contributed by atoms with van der Waals surface area (Å²) < 4.78 is 23.8. The molecule has 2 aromatic carbocycles. The second kappa shape index (κ2) is 11.1. The molecule has 0 amide bonds. The molecular formula is C25H27BrClFN2O3. The number of imidazole rings is 1. The number of benzene rings is 2. The highest BCUT2D eigenvalue weighted by atomic mass is 79.9. The summed E-state index contributed by atoms with van der Waals surface area (Å²) >= 11 is 9.77. The predicted octanol–water partition coefficient (Wildman–Crippen LogP) is 5.95. The van der Waals surface area contributed by atoms with E-state index in [1.54, 1.807) is 18.5 Å². The molecule has 176 valence electrons. The summed E-state index contributed by atoms with van der Waals surface area (Å²) in [4.78, 5) is 17.4. The standard InChI is InChI=1S/C25H27BrClFN2O3/c26-18-7-6-17(21(27)11-18)10-20-19(23(32)14-33-9-8-31)12-22-25(24(20)28)29-15-30(22)13-16-4-2-1-3-5-16/h6-7,11-12,15-16,31H,1-5,8-10,13-14H2. The first kappa shape index (κ1) is 24.3. The van der Waals surface area contributed by atoms with Gasteiger partial charge >= 0.3 is 0 Å². The third-order valence-electron chi connectivity index (χ3n) is 6.29. The van der Waals surface area contributed by atoms with E-state index in [0.29, 0.717) is 22.0 Å². The molecule has 1 fully saturated rings.